The molecule has 1 fully saturated rings. The molecule has 1 aliphatic carbocycles. The molecule has 0 aromatic carbocycles. The average molecular weight is 314 g/mol. The van der Waals surface area contributed by atoms with Crippen molar-refractivity contribution in [1.82, 2.24) is 13.9 Å². The van der Waals surface area contributed by atoms with Crippen molar-refractivity contribution in [3.63, 3.8) is 0 Å². The quantitative estimate of drug-likeness (QED) is 0.862. The number of aromatic nitrogens is 2. The molecular weight excluding hydrogens is 288 g/mol. The van der Waals surface area contributed by atoms with Gasteiger partial charge in [-0.05, 0) is 26.7 Å². The Morgan fingerprint density at radius 2 is 2.05 bits per heavy atom. The van der Waals surface area contributed by atoms with E-state index < -0.39 is 10.0 Å². The summed E-state index contributed by atoms with van der Waals surface area (Å²) in [5.74, 6) is 0.729. The van der Waals surface area contributed by atoms with Gasteiger partial charge in [0.25, 0.3) is 10.0 Å². The first-order chi connectivity index (χ1) is 10.0. The number of imidazole rings is 1. The molecule has 120 valence electrons. The van der Waals surface area contributed by atoms with Gasteiger partial charge in [-0.25, -0.2) is 13.4 Å². The van der Waals surface area contributed by atoms with E-state index in [-0.39, 0.29) is 11.1 Å². The Morgan fingerprint density at radius 1 is 1.38 bits per heavy atom. The summed E-state index contributed by atoms with van der Waals surface area (Å²) < 4.78 is 29.2. The molecule has 1 heterocycles. The lowest BCUT2D eigenvalue weighted by Gasteiger charge is -2.32. The van der Waals surface area contributed by atoms with E-state index in [1.807, 2.05) is 18.4 Å². The van der Waals surface area contributed by atoms with Gasteiger partial charge in [-0.2, -0.15) is 4.31 Å². The number of sulfonamides is 1. The smallest absolute Gasteiger partial charge is 0.262 e. The minimum atomic E-state index is -3.55. The highest BCUT2D eigenvalue weighted by Gasteiger charge is 2.33. The largest absolute Gasteiger partial charge is 0.334 e. The predicted molar refractivity (Wildman–Crippen MR) is 82.5 cm³/mol. The number of nitrogens with zero attached hydrogens (tertiary/aromatic N) is 3. The summed E-state index contributed by atoms with van der Waals surface area (Å²) in [6.45, 7) is 5.23. The van der Waals surface area contributed by atoms with Gasteiger partial charge in [-0.1, -0.05) is 19.3 Å². The van der Waals surface area contributed by atoms with Crippen LogP contribution in [0.4, 0.5) is 0 Å². The van der Waals surface area contributed by atoms with Gasteiger partial charge in [0.1, 0.15) is 5.82 Å². The monoisotopic (exact) mass is 314 g/mol. The third kappa shape index (κ3) is 3.46. The minimum absolute atomic E-state index is 0.0689. The van der Waals surface area contributed by atoms with E-state index in [2.05, 4.69) is 4.98 Å². The highest BCUT2D eigenvalue weighted by Crippen LogP contribution is 2.27. The minimum Gasteiger partial charge on any atom is -0.334 e. The number of hydrogen-bond donors (Lipinski definition) is 1. The molecule has 0 aliphatic heterocycles. The third-order valence-electron chi connectivity index (χ3n) is 4.20. The van der Waals surface area contributed by atoms with E-state index in [1.165, 1.54) is 6.42 Å². The Bertz CT molecular complexity index is 562. The van der Waals surface area contributed by atoms with Crippen molar-refractivity contribution >= 4 is 10.0 Å². The van der Waals surface area contributed by atoms with Crippen LogP contribution in [0, 0.1) is 6.92 Å². The van der Waals surface area contributed by atoms with Gasteiger partial charge >= 0.3 is 0 Å². The molecular formula is C14H26N4O2S. The molecule has 1 aromatic rings. The fourth-order valence-corrected chi connectivity index (χ4v) is 4.74. The first-order valence-electron chi connectivity index (χ1n) is 7.76. The molecule has 7 heteroatoms. The van der Waals surface area contributed by atoms with Gasteiger partial charge in [0.05, 0.1) is 0 Å². The van der Waals surface area contributed by atoms with Gasteiger partial charge < -0.3 is 10.3 Å². The molecule has 0 amide bonds. The third-order valence-corrected chi connectivity index (χ3v) is 6.02. The van der Waals surface area contributed by atoms with Gasteiger partial charge in [-0.15, -0.1) is 0 Å². The molecule has 2 rings (SSSR count). The number of nitrogens with two attached hydrogens (primary N) is 1. The van der Waals surface area contributed by atoms with Crippen LogP contribution in [-0.2, 0) is 16.6 Å². The van der Waals surface area contributed by atoms with Gasteiger partial charge in [0, 0.05) is 31.9 Å². The first-order valence-corrected chi connectivity index (χ1v) is 9.20. The van der Waals surface area contributed by atoms with E-state index in [1.54, 1.807) is 10.5 Å². The maximum absolute atomic E-state index is 12.9. The van der Waals surface area contributed by atoms with Crippen molar-refractivity contribution in [3.8, 4) is 0 Å². The van der Waals surface area contributed by atoms with Crippen molar-refractivity contribution in [2.45, 2.75) is 63.6 Å². The van der Waals surface area contributed by atoms with E-state index >= 15 is 0 Å². The summed E-state index contributed by atoms with van der Waals surface area (Å²) in [4.78, 5) is 4.24. The zero-order chi connectivity index (χ0) is 15.5. The zero-order valence-corrected chi connectivity index (χ0v) is 13.8. The van der Waals surface area contributed by atoms with Crippen LogP contribution in [0.15, 0.2) is 11.2 Å². The van der Waals surface area contributed by atoms with Crippen LogP contribution in [0.1, 0.15) is 44.9 Å². The topological polar surface area (TPSA) is 81.2 Å². The summed E-state index contributed by atoms with van der Waals surface area (Å²) in [6, 6.07) is 0.0689. The van der Waals surface area contributed by atoms with Crippen molar-refractivity contribution < 1.29 is 8.42 Å². The molecule has 2 N–H and O–H groups in total. The maximum atomic E-state index is 12.9. The van der Waals surface area contributed by atoms with Crippen molar-refractivity contribution in [2.75, 3.05) is 13.1 Å². The first kappa shape index (κ1) is 16.5. The molecule has 1 aromatic heterocycles. The number of rotatable bonds is 6. The standard InChI is InChI=1S/C14H26N4O2S/c1-3-17-11-14(16-12(17)2)21(19,20)18(10-9-15)13-7-5-4-6-8-13/h11,13H,3-10,15H2,1-2H3. The second-order valence-corrected chi connectivity index (χ2v) is 7.45. The molecule has 0 spiro atoms. The van der Waals surface area contributed by atoms with Gasteiger partial charge in [0.15, 0.2) is 5.03 Å². The Hall–Kier alpha value is -0.920. The fraction of sp³-hybridized carbons (Fsp3) is 0.786. The molecule has 21 heavy (non-hydrogen) atoms. The summed E-state index contributed by atoms with van der Waals surface area (Å²) in [5, 5.41) is 0.154. The van der Waals surface area contributed by atoms with Crippen molar-refractivity contribution in [1.29, 1.82) is 0 Å². The lowest BCUT2D eigenvalue weighted by Crippen LogP contribution is -2.44. The summed E-state index contributed by atoms with van der Waals surface area (Å²) in [6.07, 6.45) is 6.85. The van der Waals surface area contributed by atoms with Crippen LogP contribution in [0.3, 0.4) is 0 Å². The second kappa shape index (κ2) is 6.89. The van der Waals surface area contributed by atoms with Crippen LogP contribution in [0.25, 0.3) is 0 Å². The lowest BCUT2D eigenvalue weighted by molar-refractivity contribution is 0.257. The molecule has 0 bridgehead atoms. The summed E-state index contributed by atoms with van der Waals surface area (Å²) in [5.41, 5.74) is 5.64. The SMILES string of the molecule is CCn1cc(S(=O)(=O)N(CCN)C2CCCCC2)nc1C. The van der Waals surface area contributed by atoms with E-state index in [9.17, 15) is 8.42 Å². The Labute approximate surface area is 127 Å². The highest BCUT2D eigenvalue weighted by atomic mass is 32.2. The van der Waals surface area contributed by atoms with Crippen molar-refractivity contribution in [2.24, 2.45) is 5.73 Å². The molecule has 1 saturated carbocycles. The molecule has 6 nitrogen and oxygen atoms in total. The van der Waals surface area contributed by atoms with Crippen LogP contribution in [0.5, 0.6) is 0 Å². The molecule has 0 radical (unpaired) electrons. The zero-order valence-electron chi connectivity index (χ0n) is 13.0. The Morgan fingerprint density at radius 3 is 2.57 bits per heavy atom. The normalized spacial score (nSPS) is 17.5. The van der Waals surface area contributed by atoms with Crippen LogP contribution in [-0.4, -0.2) is 41.4 Å². The Balaban J connectivity index is 2.31. The van der Waals surface area contributed by atoms with Gasteiger partial charge in [0.2, 0.25) is 0 Å². The van der Waals surface area contributed by atoms with Gasteiger partial charge in [-0.3, -0.25) is 0 Å². The summed E-state index contributed by atoms with van der Waals surface area (Å²) >= 11 is 0. The Kier molecular flexibility index (Phi) is 5.40. The highest BCUT2D eigenvalue weighted by molar-refractivity contribution is 7.89. The predicted octanol–water partition coefficient (Wildman–Crippen LogP) is 1.49. The van der Waals surface area contributed by atoms with E-state index in [0.29, 0.717) is 19.6 Å². The average Bonchev–Trinajstić information content (AvgIpc) is 2.87. The fourth-order valence-electron chi connectivity index (χ4n) is 3.04. The molecule has 0 atom stereocenters. The maximum Gasteiger partial charge on any atom is 0.262 e. The molecule has 1 aliphatic rings. The number of hydrogen-bond acceptors (Lipinski definition) is 4. The van der Waals surface area contributed by atoms with Crippen LogP contribution in [0.2, 0.25) is 0 Å². The summed E-state index contributed by atoms with van der Waals surface area (Å²) in [7, 11) is -3.55. The van der Waals surface area contributed by atoms with Crippen LogP contribution < -0.4 is 5.73 Å². The number of aryl methyl sites for hydroxylation is 2. The molecule has 0 saturated heterocycles. The van der Waals surface area contributed by atoms with E-state index in [4.69, 9.17) is 5.73 Å². The second-order valence-electron chi connectivity index (χ2n) is 5.61. The lowest BCUT2D eigenvalue weighted by atomic mass is 9.95. The van der Waals surface area contributed by atoms with Crippen LogP contribution >= 0.6 is 0 Å². The van der Waals surface area contributed by atoms with Crippen molar-refractivity contribution in [3.05, 3.63) is 12.0 Å². The molecule has 0 unspecified atom stereocenters. The van der Waals surface area contributed by atoms with E-state index in [0.717, 1.165) is 31.5 Å².